The van der Waals surface area contributed by atoms with Crippen molar-refractivity contribution in [3.8, 4) is 5.69 Å². The molecule has 0 aliphatic carbocycles. The minimum Gasteiger partial charge on any atom is -0.475 e. The van der Waals surface area contributed by atoms with Crippen LogP contribution in [0.3, 0.4) is 0 Å². The molecule has 0 radical (unpaired) electrons. The third-order valence-electron chi connectivity index (χ3n) is 2.42. The van der Waals surface area contributed by atoms with E-state index in [0.29, 0.717) is 12.2 Å². The lowest BCUT2D eigenvalue weighted by Crippen LogP contribution is -2.04. The fraction of sp³-hybridized carbons (Fsp3) is 0.250. The zero-order chi connectivity index (χ0) is 13.1. The Hall–Kier alpha value is -1.69. The number of nitrogens with zero attached hydrogens (tertiary/aromatic N) is 3. The summed E-state index contributed by atoms with van der Waals surface area (Å²) in [6, 6.07) is 7.51. The SMILES string of the molecule is CCCc1nc(C(=O)O)nn1-c1ccccc1Br. The van der Waals surface area contributed by atoms with E-state index in [4.69, 9.17) is 5.11 Å². The Bertz CT molecular complexity index is 580. The molecule has 0 fully saturated rings. The van der Waals surface area contributed by atoms with E-state index < -0.39 is 5.97 Å². The zero-order valence-corrected chi connectivity index (χ0v) is 11.4. The van der Waals surface area contributed by atoms with E-state index in [2.05, 4.69) is 26.0 Å². The van der Waals surface area contributed by atoms with Gasteiger partial charge in [0, 0.05) is 10.9 Å². The van der Waals surface area contributed by atoms with Crippen molar-refractivity contribution >= 4 is 21.9 Å². The second kappa shape index (κ2) is 5.30. The molecular formula is C12H12BrN3O2. The maximum atomic E-state index is 10.9. The molecule has 2 rings (SSSR count). The molecule has 0 atom stereocenters. The molecule has 0 aliphatic rings. The average molecular weight is 310 g/mol. The van der Waals surface area contributed by atoms with E-state index in [0.717, 1.165) is 16.6 Å². The monoisotopic (exact) mass is 309 g/mol. The van der Waals surface area contributed by atoms with Gasteiger partial charge in [0.05, 0.1) is 5.69 Å². The Morgan fingerprint density at radius 2 is 2.17 bits per heavy atom. The van der Waals surface area contributed by atoms with Crippen molar-refractivity contribution in [1.82, 2.24) is 14.8 Å². The fourth-order valence-corrected chi connectivity index (χ4v) is 2.09. The molecule has 0 aliphatic heterocycles. The standard InChI is InChI=1S/C12H12BrN3O2/c1-2-5-10-14-11(12(17)18)15-16(10)9-7-4-3-6-8(9)13/h3-4,6-7H,2,5H2,1H3,(H,17,18). The molecule has 0 bridgehead atoms. The number of benzene rings is 1. The Labute approximate surface area is 113 Å². The van der Waals surface area contributed by atoms with E-state index in [9.17, 15) is 4.79 Å². The molecule has 0 saturated heterocycles. The summed E-state index contributed by atoms with van der Waals surface area (Å²) >= 11 is 3.43. The van der Waals surface area contributed by atoms with Crippen LogP contribution in [-0.2, 0) is 6.42 Å². The summed E-state index contributed by atoms with van der Waals surface area (Å²) in [5, 5.41) is 13.0. The fourth-order valence-electron chi connectivity index (χ4n) is 1.64. The molecule has 1 heterocycles. The van der Waals surface area contributed by atoms with Crippen LogP contribution in [0.25, 0.3) is 5.69 Å². The molecule has 94 valence electrons. The zero-order valence-electron chi connectivity index (χ0n) is 9.80. The number of aryl methyl sites for hydroxylation is 1. The van der Waals surface area contributed by atoms with Crippen LogP contribution in [0.2, 0.25) is 0 Å². The van der Waals surface area contributed by atoms with E-state index in [1.807, 2.05) is 31.2 Å². The van der Waals surface area contributed by atoms with E-state index in [-0.39, 0.29) is 5.82 Å². The third-order valence-corrected chi connectivity index (χ3v) is 3.09. The number of carboxylic acids is 1. The van der Waals surface area contributed by atoms with Gasteiger partial charge in [-0.15, -0.1) is 5.10 Å². The van der Waals surface area contributed by atoms with Gasteiger partial charge in [-0.1, -0.05) is 19.1 Å². The number of aromatic nitrogens is 3. The van der Waals surface area contributed by atoms with Gasteiger partial charge in [0.15, 0.2) is 0 Å². The first-order chi connectivity index (χ1) is 8.63. The van der Waals surface area contributed by atoms with Gasteiger partial charge in [0.1, 0.15) is 5.82 Å². The summed E-state index contributed by atoms with van der Waals surface area (Å²) in [6.45, 7) is 2.01. The summed E-state index contributed by atoms with van der Waals surface area (Å²) in [5.41, 5.74) is 0.793. The molecule has 1 N–H and O–H groups in total. The van der Waals surface area contributed by atoms with E-state index in [1.165, 1.54) is 0 Å². The molecule has 2 aromatic rings. The molecular weight excluding hydrogens is 298 g/mol. The maximum Gasteiger partial charge on any atom is 0.375 e. The minimum atomic E-state index is -1.11. The first-order valence-corrected chi connectivity index (χ1v) is 6.37. The summed E-state index contributed by atoms with van der Waals surface area (Å²) in [5.74, 6) is -0.630. The van der Waals surface area contributed by atoms with Crippen LogP contribution in [0.1, 0.15) is 29.8 Å². The second-order valence-electron chi connectivity index (χ2n) is 3.77. The van der Waals surface area contributed by atoms with Crippen LogP contribution in [-0.4, -0.2) is 25.8 Å². The molecule has 0 spiro atoms. The topological polar surface area (TPSA) is 68.0 Å². The summed E-state index contributed by atoms with van der Waals surface area (Å²) < 4.78 is 2.43. The normalized spacial score (nSPS) is 10.6. The number of rotatable bonds is 4. The predicted molar refractivity (Wildman–Crippen MR) is 70.0 cm³/mol. The number of para-hydroxylation sites is 1. The minimum absolute atomic E-state index is 0.172. The first kappa shape index (κ1) is 12.8. The molecule has 6 heteroatoms. The highest BCUT2D eigenvalue weighted by Gasteiger charge is 2.16. The lowest BCUT2D eigenvalue weighted by molar-refractivity contribution is 0.0683. The van der Waals surface area contributed by atoms with Gasteiger partial charge in [-0.3, -0.25) is 0 Å². The summed E-state index contributed by atoms with van der Waals surface area (Å²) in [7, 11) is 0. The maximum absolute atomic E-state index is 10.9. The van der Waals surface area contributed by atoms with Gasteiger partial charge >= 0.3 is 5.97 Å². The van der Waals surface area contributed by atoms with Gasteiger partial charge in [0.25, 0.3) is 5.82 Å². The lowest BCUT2D eigenvalue weighted by Gasteiger charge is -2.06. The van der Waals surface area contributed by atoms with Crippen molar-refractivity contribution in [2.75, 3.05) is 0 Å². The van der Waals surface area contributed by atoms with Gasteiger partial charge in [-0.2, -0.15) is 0 Å². The Balaban J connectivity index is 2.55. The van der Waals surface area contributed by atoms with Crippen molar-refractivity contribution in [2.24, 2.45) is 0 Å². The summed E-state index contributed by atoms with van der Waals surface area (Å²) in [4.78, 5) is 15.0. The first-order valence-electron chi connectivity index (χ1n) is 5.57. The predicted octanol–water partition coefficient (Wildman–Crippen LogP) is 2.68. The molecule has 0 unspecified atom stereocenters. The summed E-state index contributed by atoms with van der Waals surface area (Å²) in [6.07, 6.45) is 1.56. The number of hydrogen-bond donors (Lipinski definition) is 1. The van der Waals surface area contributed by atoms with Crippen LogP contribution >= 0.6 is 15.9 Å². The highest BCUT2D eigenvalue weighted by molar-refractivity contribution is 9.10. The Morgan fingerprint density at radius 1 is 1.44 bits per heavy atom. The molecule has 0 saturated carbocycles. The van der Waals surface area contributed by atoms with Crippen molar-refractivity contribution < 1.29 is 9.90 Å². The second-order valence-corrected chi connectivity index (χ2v) is 4.62. The van der Waals surface area contributed by atoms with Crippen LogP contribution in [0.15, 0.2) is 28.7 Å². The van der Waals surface area contributed by atoms with Crippen LogP contribution in [0.5, 0.6) is 0 Å². The number of carbonyl (C=O) groups is 1. The Kier molecular flexibility index (Phi) is 3.76. The van der Waals surface area contributed by atoms with E-state index >= 15 is 0 Å². The van der Waals surface area contributed by atoms with Crippen molar-refractivity contribution in [3.05, 3.63) is 40.4 Å². The smallest absolute Gasteiger partial charge is 0.375 e. The highest BCUT2D eigenvalue weighted by atomic mass is 79.9. The molecule has 18 heavy (non-hydrogen) atoms. The van der Waals surface area contributed by atoms with Gasteiger partial charge < -0.3 is 5.11 Å². The molecule has 1 aromatic carbocycles. The highest BCUT2D eigenvalue weighted by Crippen LogP contribution is 2.21. The van der Waals surface area contributed by atoms with E-state index in [1.54, 1.807) is 4.68 Å². The molecule has 5 nitrogen and oxygen atoms in total. The van der Waals surface area contributed by atoms with Gasteiger partial charge in [-0.25, -0.2) is 14.5 Å². The molecule has 0 amide bonds. The molecule has 1 aromatic heterocycles. The van der Waals surface area contributed by atoms with Crippen LogP contribution in [0, 0.1) is 0 Å². The largest absolute Gasteiger partial charge is 0.475 e. The van der Waals surface area contributed by atoms with Crippen LogP contribution < -0.4 is 0 Å². The van der Waals surface area contributed by atoms with Crippen molar-refractivity contribution in [1.29, 1.82) is 0 Å². The quantitative estimate of drug-likeness (QED) is 0.943. The van der Waals surface area contributed by atoms with Crippen molar-refractivity contribution in [2.45, 2.75) is 19.8 Å². The van der Waals surface area contributed by atoms with Gasteiger partial charge in [0.2, 0.25) is 0 Å². The lowest BCUT2D eigenvalue weighted by atomic mass is 10.3. The van der Waals surface area contributed by atoms with Gasteiger partial charge in [-0.05, 0) is 34.5 Å². The van der Waals surface area contributed by atoms with Crippen LogP contribution in [0.4, 0.5) is 0 Å². The number of carboxylic acid groups (broad SMARTS) is 1. The number of halogens is 1. The number of aromatic carboxylic acids is 1. The number of hydrogen-bond acceptors (Lipinski definition) is 3. The average Bonchev–Trinajstić information content (AvgIpc) is 2.74. The van der Waals surface area contributed by atoms with Crippen molar-refractivity contribution in [3.63, 3.8) is 0 Å². The third kappa shape index (κ3) is 2.43. The Morgan fingerprint density at radius 3 is 2.78 bits per heavy atom.